The molecule has 2 rings (SSSR count). The van der Waals surface area contributed by atoms with Crippen LogP contribution in [0.3, 0.4) is 0 Å². The molecule has 0 radical (unpaired) electrons. The van der Waals surface area contributed by atoms with E-state index in [0.29, 0.717) is 16.7 Å². The van der Waals surface area contributed by atoms with Crippen LogP contribution in [-0.4, -0.2) is 4.98 Å². The molecule has 0 aliphatic heterocycles. The Hall–Kier alpha value is -1.56. The van der Waals surface area contributed by atoms with Crippen LogP contribution in [0.15, 0.2) is 30.5 Å². The van der Waals surface area contributed by atoms with Gasteiger partial charge in [-0.05, 0) is 30.2 Å². The maximum absolute atomic E-state index is 12.4. The lowest BCUT2D eigenvalue weighted by Crippen LogP contribution is -2.04. The third-order valence-corrected chi connectivity index (χ3v) is 3.77. The van der Waals surface area contributed by atoms with Crippen LogP contribution >= 0.6 is 11.3 Å². The number of halogens is 3. The van der Waals surface area contributed by atoms with E-state index in [1.165, 1.54) is 23.5 Å². The summed E-state index contributed by atoms with van der Waals surface area (Å²) in [6.07, 6.45) is -2.52. The first-order valence-corrected chi connectivity index (χ1v) is 6.58. The van der Waals surface area contributed by atoms with E-state index in [0.717, 1.165) is 17.0 Å². The van der Waals surface area contributed by atoms with Crippen molar-refractivity contribution in [2.75, 3.05) is 5.32 Å². The van der Waals surface area contributed by atoms with Gasteiger partial charge in [0.1, 0.15) is 0 Å². The number of benzene rings is 1. The SMILES string of the molecule is CC(C)c1cnc(Nc2ccc(C(F)(F)F)cc2)s1. The highest BCUT2D eigenvalue weighted by Crippen LogP contribution is 2.31. The predicted molar refractivity (Wildman–Crippen MR) is 70.9 cm³/mol. The molecule has 19 heavy (non-hydrogen) atoms. The molecule has 0 aliphatic carbocycles. The molecular formula is C13H13F3N2S. The fourth-order valence-corrected chi connectivity index (χ4v) is 2.32. The summed E-state index contributed by atoms with van der Waals surface area (Å²) >= 11 is 1.50. The summed E-state index contributed by atoms with van der Waals surface area (Å²) in [6.45, 7) is 4.13. The van der Waals surface area contributed by atoms with E-state index in [-0.39, 0.29) is 0 Å². The minimum absolute atomic E-state index is 0.389. The van der Waals surface area contributed by atoms with Crippen molar-refractivity contribution in [3.63, 3.8) is 0 Å². The average Bonchev–Trinajstić information content (AvgIpc) is 2.77. The number of hydrogen-bond acceptors (Lipinski definition) is 3. The van der Waals surface area contributed by atoms with Crippen LogP contribution in [0.4, 0.5) is 24.0 Å². The van der Waals surface area contributed by atoms with Crippen molar-refractivity contribution in [2.45, 2.75) is 25.9 Å². The van der Waals surface area contributed by atoms with Gasteiger partial charge >= 0.3 is 6.18 Å². The highest BCUT2D eigenvalue weighted by atomic mass is 32.1. The van der Waals surface area contributed by atoms with E-state index in [1.807, 2.05) is 0 Å². The van der Waals surface area contributed by atoms with Gasteiger partial charge in [0.05, 0.1) is 5.56 Å². The summed E-state index contributed by atoms with van der Waals surface area (Å²) in [4.78, 5) is 5.32. The third kappa shape index (κ3) is 3.47. The first-order chi connectivity index (χ1) is 8.86. The second-order valence-corrected chi connectivity index (χ2v) is 5.48. The van der Waals surface area contributed by atoms with Crippen molar-refractivity contribution in [3.05, 3.63) is 40.9 Å². The molecule has 0 unspecified atom stereocenters. The van der Waals surface area contributed by atoms with E-state index in [2.05, 4.69) is 24.1 Å². The minimum atomic E-state index is -4.30. The highest BCUT2D eigenvalue weighted by molar-refractivity contribution is 7.15. The number of nitrogens with one attached hydrogen (secondary N) is 1. The molecule has 2 aromatic rings. The second kappa shape index (κ2) is 5.21. The summed E-state index contributed by atoms with van der Waals surface area (Å²) in [5.41, 5.74) is -0.0577. The van der Waals surface area contributed by atoms with E-state index in [4.69, 9.17) is 0 Å². The molecule has 0 amide bonds. The monoisotopic (exact) mass is 286 g/mol. The highest BCUT2D eigenvalue weighted by Gasteiger charge is 2.29. The van der Waals surface area contributed by atoms with E-state index in [1.54, 1.807) is 6.20 Å². The topological polar surface area (TPSA) is 24.9 Å². The lowest BCUT2D eigenvalue weighted by molar-refractivity contribution is -0.137. The van der Waals surface area contributed by atoms with Crippen LogP contribution in [-0.2, 0) is 6.18 Å². The molecule has 6 heteroatoms. The van der Waals surface area contributed by atoms with Crippen molar-refractivity contribution in [1.29, 1.82) is 0 Å². The number of anilines is 2. The van der Waals surface area contributed by atoms with Gasteiger partial charge in [-0.3, -0.25) is 0 Å². The zero-order valence-electron chi connectivity index (χ0n) is 10.5. The smallest absolute Gasteiger partial charge is 0.332 e. The van der Waals surface area contributed by atoms with Gasteiger partial charge in [-0.1, -0.05) is 13.8 Å². The maximum Gasteiger partial charge on any atom is 0.416 e. The van der Waals surface area contributed by atoms with Crippen LogP contribution in [0.1, 0.15) is 30.2 Å². The molecule has 1 heterocycles. The van der Waals surface area contributed by atoms with Gasteiger partial charge in [0.2, 0.25) is 0 Å². The molecule has 0 saturated heterocycles. The first kappa shape index (κ1) is 13.9. The van der Waals surface area contributed by atoms with Crippen molar-refractivity contribution >= 4 is 22.2 Å². The van der Waals surface area contributed by atoms with Crippen molar-refractivity contribution < 1.29 is 13.2 Å². The third-order valence-electron chi connectivity index (χ3n) is 2.56. The molecule has 0 aliphatic rings. The molecular weight excluding hydrogens is 273 g/mol. The molecule has 102 valence electrons. The van der Waals surface area contributed by atoms with Gasteiger partial charge < -0.3 is 5.32 Å². The predicted octanol–water partition coefficient (Wildman–Crippen LogP) is 5.03. The van der Waals surface area contributed by atoms with Gasteiger partial charge in [-0.15, -0.1) is 11.3 Å². The van der Waals surface area contributed by atoms with Crippen LogP contribution in [0, 0.1) is 0 Å². The summed E-state index contributed by atoms with van der Waals surface area (Å²) in [7, 11) is 0. The van der Waals surface area contributed by atoms with Gasteiger partial charge in [0.15, 0.2) is 5.13 Å². The van der Waals surface area contributed by atoms with Crippen LogP contribution in [0.25, 0.3) is 0 Å². The van der Waals surface area contributed by atoms with Crippen LogP contribution < -0.4 is 5.32 Å². The lowest BCUT2D eigenvalue weighted by atomic mass is 10.2. The first-order valence-electron chi connectivity index (χ1n) is 5.76. The molecule has 0 bridgehead atoms. The maximum atomic E-state index is 12.4. The second-order valence-electron chi connectivity index (χ2n) is 4.42. The average molecular weight is 286 g/mol. The molecule has 1 aromatic heterocycles. The Balaban J connectivity index is 2.11. The number of aromatic nitrogens is 1. The van der Waals surface area contributed by atoms with Crippen molar-refractivity contribution in [2.24, 2.45) is 0 Å². The van der Waals surface area contributed by atoms with Crippen LogP contribution in [0.5, 0.6) is 0 Å². The molecule has 2 nitrogen and oxygen atoms in total. The lowest BCUT2D eigenvalue weighted by Gasteiger charge is -2.07. The number of hydrogen-bond donors (Lipinski definition) is 1. The van der Waals surface area contributed by atoms with Gasteiger partial charge in [-0.25, -0.2) is 4.98 Å². The fourth-order valence-electron chi connectivity index (χ4n) is 1.48. The van der Waals surface area contributed by atoms with Crippen molar-refractivity contribution in [3.8, 4) is 0 Å². The zero-order valence-corrected chi connectivity index (χ0v) is 11.3. The van der Waals surface area contributed by atoms with E-state index in [9.17, 15) is 13.2 Å². The Labute approximate surface area is 113 Å². The van der Waals surface area contributed by atoms with Gasteiger partial charge in [0, 0.05) is 16.8 Å². The van der Waals surface area contributed by atoms with E-state index < -0.39 is 11.7 Å². The summed E-state index contributed by atoms with van der Waals surface area (Å²) in [6, 6.07) is 4.91. The molecule has 0 atom stereocenters. The Morgan fingerprint density at radius 3 is 2.26 bits per heavy atom. The number of thiazole rings is 1. The number of alkyl halides is 3. The Morgan fingerprint density at radius 2 is 1.79 bits per heavy atom. The number of rotatable bonds is 3. The van der Waals surface area contributed by atoms with Gasteiger partial charge in [0.25, 0.3) is 0 Å². The Kier molecular flexibility index (Phi) is 3.80. The van der Waals surface area contributed by atoms with Gasteiger partial charge in [-0.2, -0.15) is 13.2 Å². The standard InChI is InChI=1S/C13H13F3N2S/c1-8(2)11-7-17-12(19-11)18-10-5-3-9(4-6-10)13(14,15)16/h3-8H,1-2H3,(H,17,18). The molecule has 1 N–H and O–H groups in total. The van der Waals surface area contributed by atoms with Crippen LogP contribution in [0.2, 0.25) is 0 Å². The van der Waals surface area contributed by atoms with Crippen molar-refractivity contribution in [1.82, 2.24) is 4.98 Å². The normalized spacial score (nSPS) is 11.9. The largest absolute Gasteiger partial charge is 0.416 e. The fraction of sp³-hybridized carbons (Fsp3) is 0.308. The molecule has 1 aromatic carbocycles. The summed E-state index contributed by atoms with van der Waals surface area (Å²) < 4.78 is 37.2. The summed E-state index contributed by atoms with van der Waals surface area (Å²) in [5.74, 6) is 0.389. The molecule has 0 spiro atoms. The zero-order chi connectivity index (χ0) is 14.0. The van der Waals surface area contributed by atoms with E-state index >= 15 is 0 Å². The summed E-state index contributed by atoms with van der Waals surface area (Å²) in [5, 5.41) is 3.68. The quantitative estimate of drug-likeness (QED) is 0.856. The molecule has 0 fully saturated rings. The Morgan fingerprint density at radius 1 is 1.16 bits per heavy atom. The Bertz CT molecular complexity index is 544. The number of nitrogens with zero attached hydrogens (tertiary/aromatic N) is 1. The minimum Gasteiger partial charge on any atom is -0.332 e. The molecule has 0 saturated carbocycles.